The van der Waals surface area contributed by atoms with Crippen molar-refractivity contribution in [2.45, 2.75) is 17.2 Å². The number of hydrogen-bond acceptors (Lipinski definition) is 1. The zero-order valence-corrected chi connectivity index (χ0v) is 7.57. The number of halogens is 3. The summed E-state index contributed by atoms with van der Waals surface area (Å²) in [4.78, 5) is 0. The summed E-state index contributed by atoms with van der Waals surface area (Å²) in [5, 5.41) is 7.91. The van der Waals surface area contributed by atoms with E-state index in [4.69, 9.17) is 39.9 Å². The summed E-state index contributed by atoms with van der Waals surface area (Å²) < 4.78 is 0. The Labute approximate surface area is 75.6 Å². The first kappa shape index (κ1) is 10.6. The molecule has 0 heterocycles. The molecule has 0 aromatic rings. The summed E-state index contributed by atoms with van der Waals surface area (Å²) in [5.41, 5.74) is 1.32. The summed E-state index contributed by atoms with van der Waals surface area (Å²) in [6, 6.07) is 0. The molecule has 0 saturated heterocycles. The van der Waals surface area contributed by atoms with Crippen molar-refractivity contribution in [1.82, 2.24) is 0 Å². The Morgan fingerprint density at radius 2 is 2.00 bits per heavy atom. The van der Waals surface area contributed by atoms with E-state index in [2.05, 4.69) is 0 Å². The Morgan fingerprint density at radius 3 is 2.40 bits per heavy atom. The monoisotopic (exact) mass is 202 g/mol. The van der Waals surface area contributed by atoms with Gasteiger partial charge >= 0.3 is 0 Å². The maximum Gasteiger partial charge on any atom is 0.0692 e. The molecule has 4 heteroatoms. The minimum Gasteiger partial charge on any atom is -0.396 e. The normalized spacial score (nSPS) is 17.6. The maximum atomic E-state index is 8.45. The van der Waals surface area contributed by atoms with Gasteiger partial charge in [-0.2, -0.15) is 0 Å². The second-order valence-corrected chi connectivity index (χ2v) is 3.11. The average molecular weight is 203 g/mol. The highest BCUT2D eigenvalue weighted by atomic mass is 35.5. The number of aliphatic hydroxyl groups excluding tert-OH is 1. The fraction of sp³-hybridized carbons (Fsp3) is 0.667. The Hall–Kier alpha value is 0.570. The van der Waals surface area contributed by atoms with E-state index in [1.54, 1.807) is 6.08 Å². The van der Waals surface area contributed by atoms with Crippen LogP contribution in [-0.4, -0.2) is 22.5 Å². The Morgan fingerprint density at radius 1 is 1.40 bits per heavy atom. The van der Waals surface area contributed by atoms with Gasteiger partial charge in [0.25, 0.3) is 0 Å². The maximum absolute atomic E-state index is 8.45. The van der Waals surface area contributed by atoms with Gasteiger partial charge in [0.1, 0.15) is 0 Å². The smallest absolute Gasteiger partial charge is 0.0692 e. The van der Waals surface area contributed by atoms with Gasteiger partial charge in [0.15, 0.2) is 0 Å². The van der Waals surface area contributed by atoms with Gasteiger partial charge in [-0.05, 0) is 6.42 Å². The lowest BCUT2D eigenvalue weighted by atomic mass is 10.2. The van der Waals surface area contributed by atoms with Crippen LogP contribution in [0.4, 0.5) is 0 Å². The third-order valence-electron chi connectivity index (χ3n) is 1.01. The molecule has 2 atom stereocenters. The van der Waals surface area contributed by atoms with E-state index in [-0.39, 0.29) is 17.4 Å². The molecule has 0 spiro atoms. The molecule has 0 aromatic carbocycles. The van der Waals surface area contributed by atoms with Crippen molar-refractivity contribution in [2.24, 2.45) is 0 Å². The van der Waals surface area contributed by atoms with Gasteiger partial charge in [-0.1, -0.05) is 17.7 Å². The number of alkyl halides is 2. The summed E-state index contributed by atoms with van der Waals surface area (Å²) in [7, 11) is 0. The van der Waals surface area contributed by atoms with Crippen LogP contribution in [0.15, 0.2) is 11.6 Å². The van der Waals surface area contributed by atoms with E-state index in [1.165, 1.54) is 5.54 Å². The van der Waals surface area contributed by atoms with Crippen molar-refractivity contribution in [2.75, 3.05) is 6.61 Å². The first-order valence-corrected chi connectivity index (χ1v) is 4.19. The van der Waals surface area contributed by atoms with Crippen LogP contribution in [0.3, 0.4) is 0 Å². The third kappa shape index (κ3) is 4.40. The molecule has 0 radical (unpaired) electrons. The predicted octanol–water partition coefficient (Wildman–Crippen LogP) is 2.34. The van der Waals surface area contributed by atoms with E-state index >= 15 is 0 Å². The van der Waals surface area contributed by atoms with Crippen molar-refractivity contribution in [3.05, 3.63) is 11.6 Å². The highest BCUT2D eigenvalue weighted by Crippen LogP contribution is 2.14. The fourth-order valence-corrected chi connectivity index (χ4v) is 1.08. The van der Waals surface area contributed by atoms with Crippen molar-refractivity contribution in [3.8, 4) is 0 Å². The topological polar surface area (TPSA) is 20.2 Å². The lowest BCUT2D eigenvalue weighted by Crippen LogP contribution is -2.13. The molecule has 0 aliphatic carbocycles. The van der Waals surface area contributed by atoms with Gasteiger partial charge in [0.2, 0.25) is 0 Å². The minimum atomic E-state index is -0.300. The van der Waals surface area contributed by atoms with Crippen molar-refractivity contribution in [1.29, 1.82) is 0 Å². The van der Waals surface area contributed by atoms with Gasteiger partial charge < -0.3 is 5.11 Å². The number of hydrogen-bond donors (Lipinski definition) is 1. The van der Waals surface area contributed by atoms with Crippen LogP contribution in [0.2, 0.25) is 0 Å². The zero-order chi connectivity index (χ0) is 7.98. The van der Waals surface area contributed by atoms with Crippen LogP contribution in [0.1, 0.15) is 6.42 Å². The average Bonchev–Trinajstić information content (AvgIpc) is 1.89. The van der Waals surface area contributed by atoms with Gasteiger partial charge in [-0.15, -0.1) is 23.2 Å². The van der Waals surface area contributed by atoms with Crippen LogP contribution in [0.5, 0.6) is 0 Å². The van der Waals surface area contributed by atoms with E-state index in [0.29, 0.717) is 6.42 Å². The molecule has 0 aromatic heterocycles. The molecular formula is C6H9Cl3O. The van der Waals surface area contributed by atoms with Crippen LogP contribution in [0, 0.1) is 0 Å². The molecule has 0 aliphatic rings. The Balaban J connectivity index is 3.58. The molecule has 0 amide bonds. The molecule has 1 N–H and O–H groups in total. The molecule has 0 fully saturated rings. The van der Waals surface area contributed by atoms with Gasteiger partial charge in [-0.25, -0.2) is 0 Å². The second-order valence-electron chi connectivity index (χ2n) is 1.79. The zero-order valence-electron chi connectivity index (χ0n) is 5.30. The SMILES string of the molecule is OCCC(Cl)C(Cl)C=CCl. The van der Waals surface area contributed by atoms with Crippen molar-refractivity contribution < 1.29 is 5.11 Å². The van der Waals surface area contributed by atoms with Gasteiger partial charge in [-0.3, -0.25) is 0 Å². The molecule has 60 valence electrons. The first-order valence-electron chi connectivity index (χ1n) is 2.88. The van der Waals surface area contributed by atoms with Crippen LogP contribution >= 0.6 is 34.8 Å². The predicted molar refractivity (Wildman–Crippen MR) is 46.0 cm³/mol. The molecule has 1 nitrogen and oxygen atoms in total. The summed E-state index contributed by atoms with van der Waals surface area (Å²) in [5.74, 6) is 0. The lowest BCUT2D eigenvalue weighted by molar-refractivity contribution is 0.286. The number of aliphatic hydroxyl groups is 1. The Bertz CT molecular complexity index is 105. The summed E-state index contributed by atoms with van der Waals surface area (Å²) in [6.07, 6.45) is 2.06. The second kappa shape index (κ2) is 6.29. The molecule has 10 heavy (non-hydrogen) atoms. The number of rotatable bonds is 4. The molecule has 0 saturated carbocycles. The lowest BCUT2D eigenvalue weighted by Gasteiger charge is -2.09. The van der Waals surface area contributed by atoms with Gasteiger partial charge in [0, 0.05) is 12.1 Å². The van der Waals surface area contributed by atoms with Crippen molar-refractivity contribution >= 4 is 34.8 Å². The van der Waals surface area contributed by atoms with Crippen LogP contribution in [0.25, 0.3) is 0 Å². The molecule has 0 bridgehead atoms. The molecule has 2 unspecified atom stereocenters. The van der Waals surface area contributed by atoms with E-state index in [0.717, 1.165) is 0 Å². The van der Waals surface area contributed by atoms with E-state index in [1.807, 2.05) is 0 Å². The molecule has 0 rings (SSSR count). The van der Waals surface area contributed by atoms with Crippen LogP contribution in [-0.2, 0) is 0 Å². The molecular weight excluding hydrogens is 194 g/mol. The third-order valence-corrected chi connectivity index (χ3v) is 2.22. The highest BCUT2D eigenvalue weighted by molar-refractivity contribution is 6.32. The van der Waals surface area contributed by atoms with Gasteiger partial charge in [0.05, 0.1) is 10.8 Å². The van der Waals surface area contributed by atoms with E-state index in [9.17, 15) is 0 Å². The quantitative estimate of drug-likeness (QED) is 0.696. The highest BCUT2D eigenvalue weighted by Gasteiger charge is 2.11. The summed E-state index contributed by atoms with van der Waals surface area (Å²) >= 11 is 16.7. The fourth-order valence-electron chi connectivity index (χ4n) is 0.473. The number of allylic oxidation sites excluding steroid dienone is 1. The first-order chi connectivity index (χ1) is 4.72. The minimum absolute atomic E-state index is 0.0491. The van der Waals surface area contributed by atoms with Crippen molar-refractivity contribution in [3.63, 3.8) is 0 Å². The molecule has 0 aliphatic heterocycles. The largest absolute Gasteiger partial charge is 0.396 e. The standard InChI is InChI=1S/C6H9Cl3O/c7-3-1-5(8)6(9)2-4-10/h1,3,5-6,10H,2,4H2. The van der Waals surface area contributed by atoms with Crippen LogP contribution < -0.4 is 0 Å². The Kier molecular flexibility index (Phi) is 6.65. The summed E-state index contributed by atoms with van der Waals surface area (Å²) in [6.45, 7) is 0.0491. The van der Waals surface area contributed by atoms with E-state index < -0.39 is 0 Å².